The van der Waals surface area contributed by atoms with Gasteiger partial charge in [0.25, 0.3) is 0 Å². The smallest absolute Gasteiger partial charge is 0.158 e. The van der Waals surface area contributed by atoms with Crippen LogP contribution in [-0.2, 0) is 0 Å². The topological polar surface area (TPSA) is 47.5 Å². The van der Waals surface area contributed by atoms with E-state index in [9.17, 15) is 0 Å². The van der Waals surface area contributed by atoms with Crippen LogP contribution in [0.4, 0.5) is 0 Å². The standard InChI is InChI=1S/C24H31N5/c1-8-18(9-2)20-13-15(5)27-29-22(17(7)26-24(20)29)21-16(6)25-23-19(14(3)4)11-10-12-28(21)23/h10-14,18H,8-9H2,1-7H3. The molecule has 0 fully saturated rings. The average Bonchev–Trinajstić information content (AvgIpc) is 3.17. The minimum atomic E-state index is 0.415. The van der Waals surface area contributed by atoms with Crippen LogP contribution in [0.25, 0.3) is 22.7 Å². The highest BCUT2D eigenvalue weighted by molar-refractivity contribution is 5.72. The summed E-state index contributed by atoms with van der Waals surface area (Å²) in [7, 11) is 0. The van der Waals surface area contributed by atoms with Crippen LogP contribution < -0.4 is 0 Å². The van der Waals surface area contributed by atoms with Crippen molar-refractivity contribution >= 4 is 11.3 Å². The summed E-state index contributed by atoms with van der Waals surface area (Å²) in [6.45, 7) is 15.2. The van der Waals surface area contributed by atoms with Crippen molar-refractivity contribution in [2.45, 2.75) is 73.1 Å². The Morgan fingerprint density at radius 1 is 0.897 bits per heavy atom. The molecule has 0 aliphatic rings. The quantitative estimate of drug-likeness (QED) is 0.421. The van der Waals surface area contributed by atoms with Gasteiger partial charge in [-0.1, -0.05) is 33.8 Å². The molecule has 0 radical (unpaired) electrons. The monoisotopic (exact) mass is 389 g/mol. The molecule has 0 aliphatic heterocycles. The van der Waals surface area contributed by atoms with Crippen LogP contribution in [0.3, 0.4) is 0 Å². The van der Waals surface area contributed by atoms with E-state index < -0.39 is 0 Å². The Labute approximate surface area is 172 Å². The SMILES string of the molecule is CCC(CC)c1cc(C)nn2c(-c3c(C)nc4c(C(C)C)cccn34)c(C)nc12. The molecule has 0 saturated carbocycles. The number of aryl methyl sites for hydroxylation is 3. The maximum atomic E-state index is 4.99. The second kappa shape index (κ2) is 7.29. The highest BCUT2D eigenvalue weighted by atomic mass is 15.3. The normalized spacial score (nSPS) is 12.2. The van der Waals surface area contributed by atoms with Gasteiger partial charge in [-0.15, -0.1) is 0 Å². The Bertz CT molecular complexity index is 1190. The zero-order valence-electron chi connectivity index (χ0n) is 18.6. The van der Waals surface area contributed by atoms with Gasteiger partial charge >= 0.3 is 0 Å². The average molecular weight is 390 g/mol. The fourth-order valence-corrected chi connectivity index (χ4v) is 4.52. The number of nitrogens with zero attached hydrogens (tertiary/aromatic N) is 5. The van der Waals surface area contributed by atoms with Crippen LogP contribution >= 0.6 is 0 Å². The molecule has 0 N–H and O–H groups in total. The van der Waals surface area contributed by atoms with Crippen molar-refractivity contribution in [3.8, 4) is 11.4 Å². The van der Waals surface area contributed by atoms with Gasteiger partial charge < -0.3 is 0 Å². The molecule has 4 aromatic heterocycles. The molecule has 0 bridgehead atoms. The second-order valence-electron chi connectivity index (χ2n) is 8.39. The highest BCUT2D eigenvalue weighted by Gasteiger charge is 2.24. The van der Waals surface area contributed by atoms with E-state index in [4.69, 9.17) is 15.1 Å². The lowest BCUT2D eigenvalue weighted by Crippen LogP contribution is -2.06. The lowest BCUT2D eigenvalue weighted by atomic mass is 9.95. The Hall–Kier alpha value is -2.69. The van der Waals surface area contributed by atoms with E-state index >= 15 is 0 Å². The number of rotatable bonds is 5. The third kappa shape index (κ3) is 3.04. The lowest BCUT2D eigenvalue weighted by Gasteiger charge is -2.15. The summed E-state index contributed by atoms with van der Waals surface area (Å²) in [6, 6.07) is 6.49. The van der Waals surface area contributed by atoms with E-state index in [0.717, 1.165) is 52.6 Å². The molecule has 4 aromatic rings. The molecule has 0 amide bonds. The summed E-state index contributed by atoms with van der Waals surface area (Å²) >= 11 is 0. The van der Waals surface area contributed by atoms with Gasteiger partial charge in [0, 0.05) is 11.8 Å². The predicted octanol–water partition coefficient (Wildman–Crippen LogP) is 6.00. The lowest BCUT2D eigenvalue weighted by molar-refractivity contribution is 0.638. The largest absolute Gasteiger partial charge is 0.298 e. The first kappa shape index (κ1) is 19.6. The summed E-state index contributed by atoms with van der Waals surface area (Å²) in [5.74, 6) is 0.906. The molecule has 4 rings (SSSR count). The Morgan fingerprint density at radius 2 is 1.55 bits per heavy atom. The van der Waals surface area contributed by atoms with E-state index in [0.29, 0.717) is 11.8 Å². The molecule has 29 heavy (non-hydrogen) atoms. The molecule has 0 unspecified atom stereocenters. The number of aromatic nitrogens is 5. The number of hydrogen-bond acceptors (Lipinski definition) is 3. The van der Waals surface area contributed by atoms with Gasteiger partial charge in [0.2, 0.25) is 0 Å². The van der Waals surface area contributed by atoms with Gasteiger partial charge in [-0.05, 0) is 63.1 Å². The van der Waals surface area contributed by atoms with Crippen molar-refractivity contribution in [1.82, 2.24) is 24.0 Å². The third-order valence-electron chi connectivity index (χ3n) is 6.04. The fraction of sp³-hybridized carbons (Fsp3) is 0.458. The van der Waals surface area contributed by atoms with E-state index in [1.54, 1.807) is 0 Å². The predicted molar refractivity (Wildman–Crippen MR) is 119 cm³/mol. The molecule has 4 heterocycles. The van der Waals surface area contributed by atoms with Crippen LogP contribution in [0, 0.1) is 20.8 Å². The van der Waals surface area contributed by atoms with Crippen LogP contribution in [-0.4, -0.2) is 24.0 Å². The van der Waals surface area contributed by atoms with Gasteiger partial charge in [-0.25, -0.2) is 14.5 Å². The molecule has 152 valence electrons. The summed E-state index contributed by atoms with van der Waals surface area (Å²) in [5, 5.41) is 4.88. The fourth-order valence-electron chi connectivity index (χ4n) is 4.52. The van der Waals surface area contributed by atoms with E-state index in [-0.39, 0.29) is 0 Å². The molecule has 0 atom stereocenters. The molecular weight excluding hydrogens is 358 g/mol. The maximum Gasteiger partial charge on any atom is 0.158 e. The summed E-state index contributed by atoms with van der Waals surface area (Å²) in [5.41, 5.74) is 9.71. The van der Waals surface area contributed by atoms with Crippen molar-refractivity contribution < 1.29 is 0 Å². The van der Waals surface area contributed by atoms with Crippen molar-refractivity contribution in [3.63, 3.8) is 0 Å². The van der Waals surface area contributed by atoms with Crippen LogP contribution in [0.15, 0.2) is 24.4 Å². The highest BCUT2D eigenvalue weighted by Crippen LogP contribution is 2.34. The molecule has 0 spiro atoms. The number of fused-ring (bicyclic) bond motifs is 2. The zero-order valence-corrected chi connectivity index (χ0v) is 18.6. The van der Waals surface area contributed by atoms with Crippen molar-refractivity contribution in [3.05, 3.63) is 52.6 Å². The number of imidazole rings is 2. The Morgan fingerprint density at radius 3 is 2.21 bits per heavy atom. The van der Waals surface area contributed by atoms with Crippen molar-refractivity contribution in [1.29, 1.82) is 0 Å². The Kier molecular flexibility index (Phi) is 4.93. The second-order valence-corrected chi connectivity index (χ2v) is 8.39. The maximum absolute atomic E-state index is 4.99. The molecule has 5 nitrogen and oxygen atoms in total. The first-order valence-electron chi connectivity index (χ1n) is 10.7. The van der Waals surface area contributed by atoms with Crippen molar-refractivity contribution in [2.24, 2.45) is 0 Å². The summed E-state index contributed by atoms with van der Waals surface area (Å²) in [4.78, 5) is 9.94. The zero-order chi connectivity index (χ0) is 20.9. The van der Waals surface area contributed by atoms with Crippen LogP contribution in [0.1, 0.15) is 80.6 Å². The minimum absolute atomic E-state index is 0.415. The first-order valence-corrected chi connectivity index (χ1v) is 10.7. The van der Waals surface area contributed by atoms with E-state index in [1.165, 1.54) is 11.1 Å². The summed E-state index contributed by atoms with van der Waals surface area (Å²) in [6.07, 6.45) is 4.31. The number of hydrogen-bond donors (Lipinski definition) is 0. The van der Waals surface area contributed by atoms with E-state index in [2.05, 4.69) is 81.8 Å². The molecule has 5 heteroatoms. The molecule has 0 saturated heterocycles. The molecule has 0 aliphatic carbocycles. The van der Waals surface area contributed by atoms with Gasteiger partial charge in [0.15, 0.2) is 5.65 Å². The number of pyridine rings is 1. The Balaban J connectivity index is 2.07. The van der Waals surface area contributed by atoms with Crippen molar-refractivity contribution in [2.75, 3.05) is 0 Å². The molecular formula is C24H31N5. The third-order valence-corrected chi connectivity index (χ3v) is 6.04. The van der Waals surface area contributed by atoms with Crippen LogP contribution in [0.2, 0.25) is 0 Å². The van der Waals surface area contributed by atoms with Gasteiger partial charge in [0.1, 0.15) is 11.3 Å². The van der Waals surface area contributed by atoms with Gasteiger partial charge in [-0.2, -0.15) is 5.10 Å². The van der Waals surface area contributed by atoms with Gasteiger partial charge in [0.05, 0.1) is 22.8 Å². The minimum Gasteiger partial charge on any atom is -0.298 e. The first-order chi connectivity index (χ1) is 13.9. The molecule has 0 aromatic carbocycles. The van der Waals surface area contributed by atoms with Crippen LogP contribution in [0.5, 0.6) is 0 Å². The summed E-state index contributed by atoms with van der Waals surface area (Å²) < 4.78 is 4.26. The van der Waals surface area contributed by atoms with E-state index in [1.807, 2.05) is 0 Å². The van der Waals surface area contributed by atoms with Gasteiger partial charge in [-0.3, -0.25) is 4.40 Å².